The van der Waals surface area contributed by atoms with Crippen molar-refractivity contribution in [2.75, 3.05) is 0 Å². The van der Waals surface area contributed by atoms with E-state index in [1.165, 1.54) is 44.9 Å². The summed E-state index contributed by atoms with van der Waals surface area (Å²) in [6.45, 7) is 2.18. The monoisotopic (exact) mass is 320 g/mol. The maximum Gasteiger partial charge on any atom is 0.221 e. The van der Waals surface area contributed by atoms with Crippen molar-refractivity contribution in [3.8, 4) is 0 Å². The van der Waals surface area contributed by atoms with Crippen LogP contribution < -0.4 is 0 Å². The summed E-state index contributed by atoms with van der Waals surface area (Å²) in [6.07, 6.45) is 15.3. The quantitative estimate of drug-likeness (QED) is 0.222. The molecule has 0 aromatic carbocycles. The van der Waals surface area contributed by atoms with Crippen LogP contribution in [-0.4, -0.2) is 11.4 Å². The third kappa shape index (κ3) is 17.8. The Labute approximate surface area is 136 Å². The number of hydrogen-bond acceptors (Lipinski definition) is 1. The van der Waals surface area contributed by atoms with E-state index in [1.807, 2.05) is 0 Å². The SMILES string of the molecule is CCCCCCC(F)CCCCCCCCCCC(=O)Cl. The van der Waals surface area contributed by atoms with Crippen molar-refractivity contribution in [2.45, 2.75) is 109 Å². The van der Waals surface area contributed by atoms with Gasteiger partial charge in [0.05, 0.1) is 0 Å². The van der Waals surface area contributed by atoms with Crippen molar-refractivity contribution in [1.82, 2.24) is 0 Å². The Morgan fingerprint density at radius 3 is 1.71 bits per heavy atom. The van der Waals surface area contributed by atoms with Crippen LogP contribution in [0.5, 0.6) is 0 Å². The number of alkyl halides is 1. The largest absolute Gasteiger partial charge is 0.281 e. The minimum Gasteiger partial charge on any atom is -0.281 e. The maximum atomic E-state index is 13.6. The van der Waals surface area contributed by atoms with Gasteiger partial charge in [0.15, 0.2) is 0 Å². The van der Waals surface area contributed by atoms with E-state index in [2.05, 4.69) is 6.92 Å². The van der Waals surface area contributed by atoms with Crippen LogP contribution in [0.2, 0.25) is 0 Å². The lowest BCUT2D eigenvalue weighted by Crippen LogP contribution is -1.99. The van der Waals surface area contributed by atoms with E-state index < -0.39 is 6.17 Å². The van der Waals surface area contributed by atoms with E-state index in [0.29, 0.717) is 6.42 Å². The van der Waals surface area contributed by atoms with Gasteiger partial charge in [-0.3, -0.25) is 4.79 Å². The fraction of sp³-hybridized carbons (Fsp3) is 0.944. The van der Waals surface area contributed by atoms with Crippen molar-refractivity contribution in [2.24, 2.45) is 0 Å². The van der Waals surface area contributed by atoms with Gasteiger partial charge in [0.2, 0.25) is 5.24 Å². The van der Waals surface area contributed by atoms with Crippen molar-refractivity contribution in [3.63, 3.8) is 0 Å². The first kappa shape index (κ1) is 20.9. The summed E-state index contributed by atoms with van der Waals surface area (Å²) in [6, 6.07) is 0. The van der Waals surface area contributed by atoms with Crippen LogP contribution in [0.3, 0.4) is 0 Å². The summed E-state index contributed by atoms with van der Waals surface area (Å²) in [5.41, 5.74) is 0. The molecule has 0 aliphatic carbocycles. The molecule has 0 aromatic rings. The predicted octanol–water partition coefficient (Wildman–Crippen LogP) is 6.96. The van der Waals surface area contributed by atoms with Crippen LogP contribution >= 0.6 is 11.6 Å². The van der Waals surface area contributed by atoms with Gasteiger partial charge < -0.3 is 0 Å². The van der Waals surface area contributed by atoms with Crippen LogP contribution in [0.25, 0.3) is 0 Å². The van der Waals surface area contributed by atoms with Crippen molar-refractivity contribution < 1.29 is 9.18 Å². The molecule has 0 fully saturated rings. The molecule has 0 heterocycles. The summed E-state index contributed by atoms with van der Waals surface area (Å²) in [4.78, 5) is 10.5. The van der Waals surface area contributed by atoms with Crippen LogP contribution in [0.4, 0.5) is 4.39 Å². The number of carbonyl (C=O) groups is 1. The Kier molecular flexibility index (Phi) is 16.2. The molecule has 0 saturated carbocycles. The highest BCUT2D eigenvalue weighted by Crippen LogP contribution is 2.16. The summed E-state index contributed by atoms with van der Waals surface area (Å²) < 4.78 is 13.6. The van der Waals surface area contributed by atoms with Gasteiger partial charge in [0, 0.05) is 6.42 Å². The highest BCUT2D eigenvalue weighted by molar-refractivity contribution is 6.63. The van der Waals surface area contributed by atoms with Crippen LogP contribution in [-0.2, 0) is 4.79 Å². The Balaban J connectivity index is 3.12. The molecule has 0 aliphatic rings. The summed E-state index contributed by atoms with van der Waals surface area (Å²) >= 11 is 5.28. The molecule has 0 aromatic heterocycles. The van der Waals surface area contributed by atoms with Crippen molar-refractivity contribution in [1.29, 1.82) is 0 Å². The van der Waals surface area contributed by atoms with Gasteiger partial charge in [0.25, 0.3) is 0 Å². The van der Waals surface area contributed by atoms with Gasteiger partial charge >= 0.3 is 0 Å². The van der Waals surface area contributed by atoms with Gasteiger partial charge in [0.1, 0.15) is 6.17 Å². The third-order valence-corrected chi connectivity index (χ3v) is 4.20. The lowest BCUT2D eigenvalue weighted by molar-refractivity contribution is -0.111. The number of unbranched alkanes of at least 4 members (excludes halogenated alkanes) is 10. The van der Waals surface area contributed by atoms with E-state index >= 15 is 0 Å². The second-order valence-corrected chi connectivity index (χ2v) is 6.59. The number of carbonyl (C=O) groups excluding carboxylic acids is 1. The summed E-state index contributed by atoms with van der Waals surface area (Å²) in [7, 11) is 0. The van der Waals surface area contributed by atoms with Gasteiger partial charge in [-0.15, -0.1) is 0 Å². The molecule has 0 aliphatic heterocycles. The molecule has 126 valence electrons. The minimum atomic E-state index is -0.574. The van der Waals surface area contributed by atoms with Crippen LogP contribution in [0.15, 0.2) is 0 Å². The normalized spacial score (nSPS) is 12.5. The van der Waals surface area contributed by atoms with E-state index in [1.54, 1.807) is 0 Å². The Morgan fingerprint density at radius 2 is 1.24 bits per heavy atom. The molecule has 1 unspecified atom stereocenters. The smallest absolute Gasteiger partial charge is 0.221 e. The molecule has 1 atom stereocenters. The van der Waals surface area contributed by atoms with Gasteiger partial charge in [-0.25, -0.2) is 4.39 Å². The summed E-state index contributed by atoms with van der Waals surface area (Å²) in [5.74, 6) is 0. The lowest BCUT2D eigenvalue weighted by atomic mass is 10.0. The van der Waals surface area contributed by atoms with Crippen molar-refractivity contribution >= 4 is 16.8 Å². The topological polar surface area (TPSA) is 17.1 Å². The Hall–Kier alpha value is -0.110. The molecule has 0 amide bonds. The van der Waals surface area contributed by atoms with Gasteiger partial charge in [-0.05, 0) is 30.9 Å². The second-order valence-electron chi connectivity index (χ2n) is 6.17. The fourth-order valence-electron chi connectivity index (χ4n) is 2.63. The molecule has 0 saturated heterocycles. The van der Waals surface area contributed by atoms with Crippen molar-refractivity contribution in [3.05, 3.63) is 0 Å². The van der Waals surface area contributed by atoms with E-state index in [0.717, 1.165) is 44.9 Å². The summed E-state index contributed by atoms with van der Waals surface area (Å²) in [5, 5.41) is -0.217. The maximum absolute atomic E-state index is 13.6. The molecule has 3 heteroatoms. The Morgan fingerprint density at radius 1 is 0.810 bits per heavy atom. The lowest BCUT2D eigenvalue weighted by Gasteiger charge is -2.07. The molecule has 0 N–H and O–H groups in total. The zero-order valence-electron chi connectivity index (χ0n) is 13.8. The average Bonchev–Trinajstić information content (AvgIpc) is 2.45. The van der Waals surface area contributed by atoms with Gasteiger partial charge in [-0.1, -0.05) is 77.6 Å². The highest BCUT2D eigenvalue weighted by Gasteiger charge is 2.05. The minimum absolute atomic E-state index is 0.217. The number of halogens is 2. The molecule has 0 spiro atoms. The van der Waals surface area contributed by atoms with E-state index in [9.17, 15) is 9.18 Å². The Bertz CT molecular complexity index is 233. The molecule has 21 heavy (non-hydrogen) atoms. The third-order valence-electron chi connectivity index (χ3n) is 4.01. The fourth-order valence-corrected chi connectivity index (χ4v) is 2.76. The molecular weight excluding hydrogens is 287 g/mol. The zero-order chi connectivity index (χ0) is 15.8. The molecular formula is C18H34ClFO. The number of rotatable bonds is 16. The zero-order valence-corrected chi connectivity index (χ0v) is 14.6. The highest BCUT2D eigenvalue weighted by atomic mass is 35.5. The van der Waals surface area contributed by atoms with Crippen LogP contribution in [0.1, 0.15) is 103 Å². The molecule has 0 rings (SSSR count). The van der Waals surface area contributed by atoms with E-state index in [4.69, 9.17) is 11.6 Å². The van der Waals surface area contributed by atoms with Crippen LogP contribution in [0, 0.1) is 0 Å². The second kappa shape index (κ2) is 16.3. The first-order chi connectivity index (χ1) is 10.2. The first-order valence-corrected chi connectivity index (χ1v) is 9.37. The predicted molar refractivity (Wildman–Crippen MR) is 90.7 cm³/mol. The van der Waals surface area contributed by atoms with E-state index in [-0.39, 0.29) is 5.24 Å². The van der Waals surface area contributed by atoms with Gasteiger partial charge in [-0.2, -0.15) is 0 Å². The standard InChI is InChI=1S/C18H34ClFO/c1-2-3-4-11-14-17(20)15-12-9-7-5-6-8-10-13-16-18(19)21/h17H,2-16H2,1H3. The number of hydrogen-bond donors (Lipinski definition) is 0. The molecule has 1 nitrogen and oxygen atoms in total. The average molecular weight is 321 g/mol. The first-order valence-electron chi connectivity index (χ1n) is 8.99. The molecule has 0 radical (unpaired) electrons. The molecule has 0 bridgehead atoms.